The van der Waals surface area contributed by atoms with Crippen molar-refractivity contribution in [3.8, 4) is 0 Å². The zero-order valence-corrected chi connectivity index (χ0v) is 17.4. The summed E-state index contributed by atoms with van der Waals surface area (Å²) in [5, 5.41) is 1.24. The summed E-state index contributed by atoms with van der Waals surface area (Å²) in [5.41, 5.74) is 3.19. The largest absolute Gasteiger partial charge is 0.462 e. The molecule has 1 aliphatic heterocycles. The van der Waals surface area contributed by atoms with Crippen molar-refractivity contribution in [2.45, 2.75) is 65.1 Å². The number of para-hydroxylation sites is 1. The first-order valence-corrected chi connectivity index (χ1v) is 10.7. The minimum atomic E-state index is -0.649. The maximum Gasteiger partial charge on any atom is 0.309 e. The zero-order valence-electron chi connectivity index (χ0n) is 17.4. The second-order valence-corrected chi connectivity index (χ2v) is 10.0. The first-order valence-electron chi connectivity index (χ1n) is 10.7. The number of carbonyl (C=O) groups excluding carboxylic acids is 1. The summed E-state index contributed by atoms with van der Waals surface area (Å²) in [6.07, 6.45) is 3.49. The van der Waals surface area contributed by atoms with Crippen molar-refractivity contribution < 1.29 is 14.3 Å². The number of H-pyrrole nitrogens is 1. The smallest absolute Gasteiger partial charge is 0.309 e. The van der Waals surface area contributed by atoms with Crippen molar-refractivity contribution in [2.75, 3.05) is 6.61 Å². The zero-order chi connectivity index (χ0) is 19.7. The number of hydrogen-bond acceptors (Lipinski definition) is 3. The lowest BCUT2D eigenvalue weighted by molar-refractivity contribution is -0.191. The van der Waals surface area contributed by atoms with Gasteiger partial charge in [0, 0.05) is 10.9 Å². The molecule has 1 aromatic heterocycles. The van der Waals surface area contributed by atoms with Crippen molar-refractivity contribution in [1.82, 2.24) is 4.98 Å². The Morgan fingerprint density at radius 3 is 2.79 bits per heavy atom. The number of carbonyl (C=O) groups is 1. The van der Waals surface area contributed by atoms with E-state index in [0.717, 1.165) is 24.1 Å². The summed E-state index contributed by atoms with van der Waals surface area (Å²) in [6.45, 7) is 9.65. The fourth-order valence-corrected chi connectivity index (χ4v) is 6.25. The van der Waals surface area contributed by atoms with E-state index < -0.39 is 5.60 Å². The minimum Gasteiger partial charge on any atom is -0.462 e. The molecule has 1 N–H and O–H groups in total. The first-order chi connectivity index (χ1) is 13.3. The topological polar surface area (TPSA) is 51.3 Å². The molecule has 1 unspecified atom stereocenters. The molecule has 4 nitrogen and oxygen atoms in total. The van der Waals surface area contributed by atoms with Crippen LogP contribution >= 0.6 is 0 Å². The molecule has 4 aliphatic rings. The predicted octanol–water partition coefficient (Wildman–Crippen LogP) is 4.96. The number of ether oxygens (including phenoxy) is 2. The van der Waals surface area contributed by atoms with E-state index in [-0.39, 0.29) is 18.5 Å². The first kappa shape index (κ1) is 18.2. The molecule has 150 valence electrons. The van der Waals surface area contributed by atoms with Gasteiger partial charge in [-0.2, -0.15) is 0 Å². The number of rotatable bonds is 3. The summed E-state index contributed by atoms with van der Waals surface area (Å²) in [5.74, 6) is 1.66. The van der Waals surface area contributed by atoms with E-state index in [1.165, 1.54) is 17.4 Å². The van der Waals surface area contributed by atoms with E-state index in [9.17, 15) is 4.79 Å². The number of fused-ring (bicyclic) bond motifs is 5. The van der Waals surface area contributed by atoms with Gasteiger partial charge in [0.25, 0.3) is 0 Å². The van der Waals surface area contributed by atoms with E-state index in [1.54, 1.807) is 0 Å². The molecule has 2 heterocycles. The van der Waals surface area contributed by atoms with E-state index in [2.05, 4.69) is 44.0 Å². The lowest BCUT2D eigenvalue weighted by Gasteiger charge is -2.61. The van der Waals surface area contributed by atoms with Crippen LogP contribution in [0.4, 0.5) is 0 Å². The highest BCUT2D eigenvalue weighted by atomic mass is 16.5. The Balaban J connectivity index is 1.34. The van der Waals surface area contributed by atoms with Gasteiger partial charge < -0.3 is 14.5 Å². The fourth-order valence-electron chi connectivity index (χ4n) is 6.25. The van der Waals surface area contributed by atoms with Gasteiger partial charge in [0.15, 0.2) is 0 Å². The van der Waals surface area contributed by atoms with Gasteiger partial charge >= 0.3 is 5.97 Å². The Hall–Kier alpha value is -1.81. The number of hydrogen-bond donors (Lipinski definition) is 1. The number of esters is 1. The van der Waals surface area contributed by atoms with E-state index in [4.69, 9.17) is 9.47 Å². The summed E-state index contributed by atoms with van der Waals surface area (Å²) >= 11 is 0. The number of aromatic amines is 1. The molecule has 5 atom stereocenters. The van der Waals surface area contributed by atoms with Crippen LogP contribution < -0.4 is 0 Å². The van der Waals surface area contributed by atoms with Crippen molar-refractivity contribution in [3.63, 3.8) is 0 Å². The standard InChI is InChI=1S/C24H31NO3/c1-14-18-11-15(23(18,2)3)12-20(14)28-21(26)13-24(4)22-17(9-10-27-24)16-7-5-6-8-19(16)25-22/h5-8,14-15,18,20,25H,9-13H2,1-4H3/t14-,15+,18-,20-,24?/m0/s1. The molecule has 28 heavy (non-hydrogen) atoms. The second kappa shape index (κ2) is 6.09. The number of aromatic nitrogens is 1. The van der Waals surface area contributed by atoms with Crippen LogP contribution in [0.2, 0.25) is 0 Å². The van der Waals surface area contributed by atoms with Gasteiger partial charge in [0.1, 0.15) is 11.7 Å². The lowest BCUT2D eigenvalue weighted by Crippen LogP contribution is -2.57. The predicted molar refractivity (Wildman–Crippen MR) is 109 cm³/mol. The maximum atomic E-state index is 12.9. The van der Waals surface area contributed by atoms with Crippen LogP contribution in [0.15, 0.2) is 24.3 Å². The van der Waals surface area contributed by atoms with E-state index >= 15 is 0 Å². The molecule has 2 bridgehead atoms. The Kier molecular flexibility index (Phi) is 3.97. The molecular weight excluding hydrogens is 350 g/mol. The van der Waals surface area contributed by atoms with E-state index in [0.29, 0.717) is 29.8 Å². The third kappa shape index (κ3) is 2.57. The maximum absolute atomic E-state index is 12.9. The van der Waals surface area contributed by atoms with Crippen molar-refractivity contribution >= 4 is 16.9 Å². The molecule has 3 aliphatic carbocycles. The van der Waals surface area contributed by atoms with Gasteiger partial charge in [-0.05, 0) is 61.0 Å². The van der Waals surface area contributed by atoms with Gasteiger partial charge in [-0.25, -0.2) is 0 Å². The Morgan fingerprint density at radius 1 is 1.25 bits per heavy atom. The highest BCUT2D eigenvalue weighted by Gasteiger charge is 2.57. The summed E-state index contributed by atoms with van der Waals surface area (Å²) in [4.78, 5) is 16.4. The molecule has 0 radical (unpaired) electrons. The average molecular weight is 382 g/mol. The Labute approximate surface area is 167 Å². The minimum absolute atomic E-state index is 0.0543. The molecular formula is C24H31NO3. The monoisotopic (exact) mass is 381 g/mol. The molecule has 6 rings (SSSR count). The van der Waals surface area contributed by atoms with Crippen LogP contribution in [0.5, 0.6) is 0 Å². The SMILES string of the molecule is C[C@@H]1[C@@H](OC(=O)CC2(C)OCCc3c2[nH]c2ccccc32)C[C@H]2C[C@@H]1C2(C)C. The second-order valence-electron chi connectivity index (χ2n) is 10.0. The summed E-state index contributed by atoms with van der Waals surface area (Å²) < 4.78 is 12.2. The van der Waals surface area contributed by atoms with Crippen LogP contribution in [0.25, 0.3) is 10.9 Å². The van der Waals surface area contributed by atoms with Gasteiger partial charge in [-0.15, -0.1) is 0 Å². The third-order valence-electron chi connectivity index (χ3n) is 8.16. The Bertz CT molecular complexity index is 929. The van der Waals surface area contributed by atoms with Crippen LogP contribution in [0.3, 0.4) is 0 Å². The lowest BCUT2D eigenvalue weighted by atomic mass is 9.45. The highest BCUT2D eigenvalue weighted by molar-refractivity contribution is 5.85. The van der Waals surface area contributed by atoms with Gasteiger partial charge in [0.2, 0.25) is 0 Å². The molecule has 4 heteroatoms. The van der Waals surface area contributed by atoms with Crippen LogP contribution in [0.1, 0.15) is 58.2 Å². The third-order valence-corrected chi connectivity index (χ3v) is 8.16. The van der Waals surface area contributed by atoms with Gasteiger partial charge in [-0.3, -0.25) is 4.79 Å². The molecule has 3 fully saturated rings. The van der Waals surface area contributed by atoms with Gasteiger partial charge in [-0.1, -0.05) is 39.0 Å². The molecule has 3 saturated carbocycles. The normalized spacial score (nSPS) is 35.9. The van der Waals surface area contributed by atoms with Crippen molar-refractivity contribution in [3.05, 3.63) is 35.5 Å². The van der Waals surface area contributed by atoms with Crippen LogP contribution in [0, 0.1) is 23.2 Å². The molecule has 1 aromatic carbocycles. The summed E-state index contributed by atoms with van der Waals surface area (Å²) in [7, 11) is 0. The van der Waals surface area contributed by atoms with Crippen LogP contribution in [-0.2, 0) is 26.3 Å². The summed E-state index contributed by atoms with van der Waals surface area (Å²) in [6, 6.07) is 8.33. The van der Waals surface area contributed by atoms with Crippen LogP contribution in [-0.4, -0.2) is 23.7 Å². The van der Waals surface area contributed by atoms with Crippen molar-refractivity contribution in [2.24, 2.45) is 23.2 Å². The van der Waals surface area contributed by atoms with Gasteiger partial charge in [0.05, 0.1) is 18.7 Å². The Morgan fingerprint density at radius 2 is 2.04 bits per heavy atom. The van der Waals surface area contributed by atoms with E-state index in [1.807, 2.05) is 13.0 Å². The molecule has 0 amide bonds. The molecule has 2 aromatic rings. The van der Waals surface area contributed by atoms with Crippen molar-refractivity contribution in [1.29, 1.82) is 0 Å². The fraction of sp³-hybridized carbons (Fsp3) is 0.625. The highest BCUT2D eigenvalue weighted by Crippen LogP contribution is 2.61. The average Bonchev–Trinajstić information content (AvgIpc) is 3.03. The molecule has 0 spiro atoms. The number of nitrogens with one attached hydrogen (secondary N) is 1. The number of benzene rings is 1. The molecule has 0 saturated heterocycles. The quantitative estimate of drug-likeness (QED) is 0.765.